The summed E-state index contributed by atoms with van der Waals surface area (Å²) in [5.74, 6) is 0.0446. The molecule has 7 heteroatoms. The van der Waals surface area contributed by atoms with E-state index in [9.17, 15) is 22.4 Å². The molecule has 0 N–H and O–H groups in total. The van der Waals surface area contributed by atoms with Crippen LogP contribution < -0.4 is 4.74 Å². The average molecular weight is 437 g/mol. The summed E-state index contributed by atoms with van der Waals surface area (Å²) in [5, 5.41) is 8.72. The summed E-state index contributed by atoms with van der Waals surface area (Å²) < 4.78 is 60.5. The van der Waals surface area contributed by atoms with E-state index in [-0.39, 0.29) is 11.1 Å². The number of hydrogen-bond donors (Lipinski definition) is 0. The van der Waals surface area contributed by atoms with Crippen molar-refractivity contribution in [3.8, 4) is 23.7 Å². The van der Waals surface area contributed by atoms with E-state index in [0.717, 1.165) is 12.1 Å². The minimum absolute atomic E-state index is 0.147. The topological polar surface area (TPSA) is 50.1 Å². The molecule has 0 amide bonds. The van der Waals surface area contributed by atoms with Crippen molar-refractivity contribution in [3.05, 3.63) is 98.6 Å². The summed E-state index contributed by atoms with van der Waals surface area (Å²) >= 11 is 0. The molecule has 0 radical (unpaired) electrons. The third kappa shape index (κ3) is 4.63. The van der Waals surface area contributed by atoms with E-state index in [4.69, 9.17) is 10.00 Å². The van der Waals surface area contributed by atoms with E-state index in [0.29, 0.717) is 22.3 Å². The SMILES string of the molecule is Cc1cc(F)c(C#Cc2cc(C)c(C(=O)Oc3cc(F)c(C#N)c(F)c3)c(C)c2)c(F)c1. The van der Waals surface area contributed by atoms with Crippen molar-refractivity contribution in [3.63, 3.8) is 0 Å². The maximum Gasteiger partial charge on any atom is 0.344 e. The van der Waals surface area contributed by atoms with Gasteiger partial charge in [-0.2, -0.15) is 5.26 Å². The molecule has 3 aromatic rings. The lowest BCUT2D eigenvalue weighted by Crippen LogP contribution is -2.13. The van der Waals surface area contributed by atoms with Crippen molar-refractivity contribution < 1.29 is 27.1 Å². The van der Waals surface area contributed by atoms with Crippen LogP contribution in [0.5, 0.6) is 5.75 Å². The Hall–Kier alpha value is -4.10. The predicted octanol–water partition coefficient (Wildman–Crippen LogP) is 5.66. The molecule has 3 rings (SSSR count). The van der Waals surface area contributed by atoms with Crippen LogP contribution in [0.3, 0.4) is 0 Å². The highest BCUT2D eigenvalue weighted by atomic mass is 19.1. The predicted molar refractivity (Wildman–Crippen MR) is 109 cm³/mol. The van der Waals surface area contributed by atoms with Crippen LogP contribution in [0.1, 0.15) is 43.7 Å². The second-order valence-corrected chi connectivity index (χ2v) is 7.10. The van der Waals surface area contributed by atoms with Crippen LogP contribution in [0.25, 0.3) is 0 Å². The van der Waals surface area contributed by atoms with E-state index in [1.54, 1.807) is 20.8 Å². The van der Waals surface area contributed by atoms with Crippen LogP contribution >= 0.6 is 0 Å². The fourth-order valence-electron chi connectivity index (χ4n) is 3.19. The van der Waals surface area contributed by atoms with Crippen molar-refractivity contribution in [1.29, 1.82) is 5.26 Å². The van der Waals surface area contributed by atoms with E-state index in [1.807, 2.05) is 0 Å². The minimum Gasteiger partial charge on any atom is -0.423 e. The minimum atomic E-state index is -1.15. The van der Waals surface area contributed by atoms with E-state index < -0.39 is 40.6 Å². The van der Waals surface area contributed by atoms with Gasteiger partial charge in [-0.25, -0.2) is 22.4 Å². The zero-order valence-corrected chi connectivity index (χ0v) is 17.2. The first-order valence-corrected chi connectivity index (χ1v) is 9.31. The molecule has 0 aliphatic rings. The van der Waals surface area contributed by atoms with E-state index >= 15 is 0 Å². The lowest BCUT2D eigenvalue weighted by Gasteiger charge is -2.11. The monoisotopic (exact) mass is 437 g/mol. The van der Waals surface area contributed by atoms with Crippen molar-refractivity contribution in [2.75, 3.05) is 0 Å². The molecule has 0 aliphatic carbocycles. The number of nitrogens with zero attached hydrogens (tertiary/aromatic N) is 1. The first-order chi connectivity index (χ1) is 15.1. The van der Waals surface area contributed by atoms with Gasteiger partial charge in [-0.1, -0.05) is 11.8 Å². The Morgan fingerprint density at radius 3 is 1.78 bits per heavy atom. The number of carbonyl (C=O) groups is 1. The molecule has 0 heterocycles. The molecule has 160 valence electrons. The van der Waals surface area contributed by atoms with Gasteiger partial charge in [0.25, 0.3) is 0 Å². The van der Waals surface area contributed by atoms with Gasteiger partial charge in [0.05, 0.1) is 11.1 Å². The van der Waals surface area contributed by atoms with Crippen LogP contribution in [0.2, 0.25) is 0 Å². The molecule has 0 saturated carbocycles. The van der Waals surface area contributed by atoms with Crippen molar-refractivity contribution in [2.24, 2.45) is 0 Å². The largest absolute Gasteiger partial charge is 0.423 e. The van der Waals surface area contributed by atoms with Gasteiger partial charge in [0.1, 0.15) is 40.7 Å². The first kappa shape index (κ1) is 22.6. The quantitative estimate of drug-likeness (QED) is 0.225. The van der Waals surface area contributed by atoms with Crippen LogP contribution in [0, 0.1) is 67.2 Å². The van der Waals surface area contributed by atoms with Crippen LogP contribution in [-0.2, 0) is 0 Å². The zero-order chi connectivity index (χ0) is 23.6. The van der Waals surface area contributed by atoms with Gasteiger partial charge in [0.15, 0.2) is 0 Å². The zero-order valence-electron chi connectivity index (χ0n) is 17.2. The molecule has 0 fully saturated rings. The van der Waals surface area contributed by atoms with Gasteiger partial charge in [-0.15, -0.1) is 0 Å². The van der Waals surface area contributed by atoms with Gasteiger partial charge in [0, 0.05) is 17.7 Å². The highest BCUT2D eigenvalue weighted by molar-refractivity contribution is 5.94. The second kappa shape index (κ2) is 8.95. The Kier molecular flexibility index (Phi) is 6.32. The fourth-order valence-corrected chi connectivity index (χ4v) is 3.19. The van der Waals surface area contributed by atoms with Crippen molar-refractivity contribution >= 4 is 5.97 Å². The van der Waals surface area contributed by atoms with Crippen LogP contribution in [0.4, 0.5) is 17.6 Å². The number of benzene rings is 3. The molecule has 0 unspecified atom stereocenters. The van der Waals surface area contributed by atoms with Crippen LogP contribution in [-0.4, -0.2) is 5.97 Å². The van der Waals surface area contributed by atoms with E-state index in [2.05, 4.69) is 11.8 Å². The van der Waals surface area contributed by atoms with Crippen molar-refractivity contribution in [1.82, 2.24) is 0 Å². The Labute approximate surface area is 181 Å². The molecule has 0 spiro atoms. The smallest absolute Gasteiger partial charge is 0.344 e. The molecular weight excluding hydrogens is 422 g/mol. The number of esters is 1. The summed E-state index contributed by atoms with van der Waals surface area (Å²) in [4.78, 5) is 12.6. The summed E-state index contributed by atoms with van der Waals surface area (Å²) in [6, 6.07) is 8.29. The summed E-state index contributed by atoms with van der Waals surface area (Å²) in [5.41, 5.74) is 0.736. The maximum atomic E-state index is 14.0. The molecule has 0 bridgehead atoms. The molecule has 0 aliphatic heterocycles. The van der Waals surface area contributed by atoms with Gasteiger partial charge in [0.2, 0.25) is 0 Å². The van der Waals surface area contributed by atoms with Gasteiger partial charge in [-0.3, -0.25) is 0 Å². The fraction of sp³-hybridized carbons (Fsp3) is 0.120. The highest BCUT2D eigenvalue weighted by Crippen LogP contribution is 2.23. The Balaban J connectivity index is 1.91. The summed E-state index contributed by atoms with van der Waals surface area (Å²) in [6.45, 7) is 4.76. The number of nitriles is 1. The Morgan fingerprint density at radius 1 is 0.781 bits per heavy atom. The van der Waals surface area contributed by atoms with E-state index in [1.165, 1.54) is 30.3 Å². The number of ether oxygens (including phenoxy) is 1. The van der Waals surface area contributed by atoms with Crippen molar-refractivity contribution in [2.45, 2.75) is 20.8 Å². The lowest BCUT2D eigenvalue weighted by molar-refractivity contribution is 0.0732. The number of carbonyl (C=O) groups excluding carboxylic acids is 1. The van der Waals surface area contributed by atoms with Gasteiger partial charge >= 0.3 is 5.97 Å². The number of aryl methyl sites for hydroxylation is 3. The highest BCUT2D eigenvalue weighted by Gasteiger charge is 2.18. The number of hydrogen-bond acceptors (Lipinski definition) is 3. The molecule has 0 atom stereocenters. The average Bonchev–Trinajstić information content (AvgIpc) is 2.66. The van der Waals surface area contributed by atoms with Gasteiger partial charge in [-0.05, 0) is 61.7 Å². The van der Waals surface area contributed by atoms with Gasteiger partial charge < -0.3 is 4.74 Å². The Bertz CT molecular complexity index is 1290. The number of rotatable bonds is 2. The molecule has 3 aromatic carbocycles. The normalized spacial score (nSPS) is 10.2. The molecule has 32 heavy (non-hydrogen) atoms. The standard InChI is InChI=1S/C25H15F4NO2/c1-13-6-20(26)18(21(27)7-13)5-4-16-8-14(2)24(15(3)9-16)25(31)32-17-10-22(28)19(12-30)23(29)11-17/h6-11H,1-3H3. The third-order valence-electron chi connectivity index (χ3n) is 4.59. The summed E-state index contributed by atoms with van der Waals surface area (Å²) in [7, 11) is 0. The molecular formula is C25H15F4NO2. The molecule has 0 saturated heterocycles. The third-order valence-corrected chi connectivity index (χ3v) is 4.59. The lowest BCUT2D eigenvalue weighted by atomic mass is 9.99. The summed E-state index contributed by atoms with van der Waals surface area (Å²) in [6.07, 6.45) is 0. The number of halogens is 4. The first-order valence-electron chi connectivity index (χ1n) is 9.31. The Morgan fingerprint density at radius 2 is 1.28 bits per heavy atom. The molecule has 0 aromatic heterocycles. The second-order valence-electron chi connectivity index (χ2n) is 7.10. The maximum absolute atomic E-state index is 14.0. The molecule has 3 nitrogen and oxygen atoms in total. The van der Waals surface area contributed by atoms with Crippen LogP contribution in [0.15, 0.2) is 36.4 Å².